The molecule has 3 nitrogen and oxygen atoms in total. The van der Waals surface area contributed by atoms with Crippen molar-refractivity contribution in [2.45, 2.75) is 46.7 Å². The van der Waals surface area contributed by atoms with Crippen LogP contribution >= 0.6 is 0 Å². The number of imidazole rings is 1. The van der Waals surface area contributed by atoms with Crippen molar-refractivity contribution in [3.8, 4) is 0 Å². The summed E-state index contributed by atoms with van der Waals surface area (Å²) in [6.07, 6.45) is 0.879. The molecular formula is C16H24FN3. The van der Waals surface area contributed by atoms with E-state index in [0.29, 0.717) is 17.4 Å². The van der Waals surface area contributed by atoms with E-state index < -0.39 is 0 Å². The molecule has 0 amide bonds. The molecular weight excluding hydrogens is 253 g/mol. The summed E-state index contributed by atoms with van der Waals surface area (Å²) in [4.78, 5) is 4.58. The Morgan fingerprint density at radius 1 is 1.20 bits per heavy atom. The Morgan fingerprint density at radius 2 is 1.90 bits per heavy atom. The number of nitrogens with two attached hydrogens (primary N) is 1. The smallest absolute Gasteiger partial charge is 0.126 e. The van der Waals surface area contributed by atoms with Crippen LogP contribution in [0, 0.1) is 17.7 Å². The molecule has 1 unspecified atom stereocenters. The summed E-state index contributed by atoms with van der Waals surface area (Å²) in [6, 6.07) is 4.66. The number of hydrogen-bond acceptors (Lipinski definition) is 2. The third-order valence-electron chi connectivity index (χ3n) is 3.34. The van der Waals surface area contributed by atoms with Crippen molar-refractivity contribution in [1.29, 1.82) is 0 Å². The van der Waals surface area contributed by atoms with E-state index in [4.69, 9.17) is 5.73 Å². The van der Waals surface area contributed by atoms with Crippen molar-refractivity contribution in [2.24, 2.45) is 17.6 Å². The molecule has 2 aromatic rings. The maximum absolute atomic E-state index is 13.4. The fourth-order valence-electron chi connectivity index (χ4n) is 2.57. The van der Waals surface area contributed by atoms with Gasteiger partial charge in [0.05, 0.1) is 17.1 Å². The van der Waals surface area contributed by atoms with Gasteiger partial charge in [0.25, 0.3) is 0 Å². The summed E-state index contributed by atoms with van der Waals surface area (Å²) in [6.45, 7) is 9.47. The molecule has 2 rings (SSSR count). The molecule has 4 heteroatoms. The van der Waals surface area contributed by atoms with E-state index in [2.05, 4.69) is 37.2 Å². The van der Waals surface area contributed by atoms with E-state index >= 15 is 0 Å². The maximum atomic E-state index is 13.4. The first-order chi connectivity index (χ1) is 9.38. The zero-order chi connectivity index (χ0) is 14.9. The van der Waals surface area contributed by atoms with E-state index in [9.17, 15) is 4.39 Å². The molecule has 0 aliphatic carbocycles. The SMILES string of the molecule is CC(C)CC(N)c1nc2cc(F)ccc2n1CC(C)C. The molecule has 0 aliphatic heterocycles. The van der Waals surface area contributed by atoms with E-state index in [1.54, 1.807) is 6.07 Å². The van der Waals surface area contributed by atoms with Crippen molar-refractivity contribution < 1.29 is 4.39 Å². The van der Waals surface area contributed by atoms with Gasteiger partial charge in [-0.1, -0.05) is 27.7 Å². The van der Waals surface area contributed by atoms with Crippen LogP contribution in [-0.4, -0.2) is 9.55 Å². The molecule has 0 fully saturated rings. The van der Waals surface area contributed by atoms with Gasteiger partial charge in [-0.05, 0) is 30.4 Å². The Bertz CT molecular complexity index is 587. The number of aromatic nitrogens is 2. The minimum Gasteiger partial charge on any atom is -0.326 e. The molecule has 0 aliphatic rings. The van der Waals surface area contributed by atoms with Gasteiger partial charge in [0.1, 0.15) is 11.6 Å². The number of rotatable bonds is 5. The van der Waals surface area contributed by atoms with Crippen LogP contribution in [0.4, 0.5) is 4.39 Å². The van der Waals surface area contributed by atoms with Crippen LogP contribution in [0.5, 0.6) is 0 Å². The van der Waals surface area contributed by atoms with Gasteiger partial charge in [0, 0.05) is 12.6 Å². The normalized spacial score (nSPS) is 13.6. The first-order valence-corrected chi connectivity index (χ1v) is 7.29. The van der Waals surface area contributed by atoms with Crippen molar-refractivity contribution >= 4 is 11.0 Å². The van der Waals surface area contributed by atoms with Gasteiger partial charge in [0.2, 0.25) is 0 Å². The summed E-state index contributed by atoms with van der Waals surface area (Å²) < 4.78 is 15.5. The predicted molar refractivity (Wildman–Crippen MR) is 80.9 cm³/mol. The third-order valence-corrected chi connectivity index (χ3v) is 3.34. The zero-order valence-electron chi connectivity index (χ0n) is 12.7. The van der Waals surface area contributed by atoms with E-state index in [-0.39, 0.29) is 11.9 Å². The monoisotopic (exact) mass is 277 g/mol. The highest BCUT2D eigenvalue weighted by Crippen LogP contribution is 2.25. The van der Waals surface area contributed by atoms with Crippen molar-refractivity contribution in [3.63, 3.8) is 0 Å². The second kappa shape index (κ2) is 5.92. The van der Waals surface area contributed by atoms with Crippen LogP contribution < -0.4 is 5.73 Å². The van der Waals surface area contributed by atoms with Crippen LogP contribution in [0.25, 0.3) is 11.0 Å². The van der Waals surface area contributed by atoms with Gasteiger partial charge in [-0.15, -0.1) is 0 Å². The lowest BCUT2D eigenvalue weighted by Gasteiger charge is -2.17. The van der Waals surface area contributed by atoms with Gasteiger partial charge in [-0.25, -0.2) is 9.37 Å². The maximum Gasteiger partial charge on any atom is 0.126 e. The van der Waals surface area contributed by atoms with Crippen LogP contribution in [0.2, 0.25) is 0 Å². The highest BCUT2D eigenvalue weighted by Gasteiger charge is 2.19. The highest BCUT2D eigenvalue weighted by molar-refractivity contribution is 5.76. The van der Waals surface area contributed by atoms with Gasteiger partial charge < -0.3 is 10.3 Å². The van der Waals surface area contributed by atoms with E-state index in [1.165, 1.54) is 12.1 Å². The van der Waals surface area contributed by atoms with Crippen LogP contribution in [-0.2, 0) is 6.54 Å². The van der Waals surface area contributed by atoms with Crippen molar-refractivity contribution in [3.05, 3.63) is 29.8 Å². The average Bonchev–Trinajstić information content (AvgIpc) is 2.65. The Labute approximate surface area is 120 Å². The summed E-state index contributed by atoms with van der Waals surface area (Å²) >= 11 is 0. The molecule has 0 spiro atoms. The Kier molecular flexibility index (Phi) is 4.43. The molecule has 110 valence electrons. The number of fused-ring (bicyclic) bond motifs is 1. The molecule has 1 aromatic heterocycles. The van der Waals surface area contributed by atoms with Crippen LogP contribution in [0.1, 0.15) is 46.0 Å². The lowest BCUT2D eigenvalue weighted by Crippen LogP contribution is -2.20. The second-order valence-electron chi connectivity index (χ2n) is 6.34. The summed E-state index contributed by atoms with van der Waals surface area (Å²) in [5.74, 6) is 1.61. The summed E-state index contributed by atoms with van der Waals surface area (Å²) in [5, 5.41) is 0. The van der Waals surface area contributed by atoms with Gasteiger partial charge in [-0.2, -0.15) is 0 Å². The van der Waals surface area contributed by atoms with Crippen LogP contribution in [0.3, 0.4) is 0 Å². The fourth-order valence-corrected chi connectivity index (χ4v) is 2.57. The molecule has 1 aromatic carbocycles. The van der Waals surface area contributed by atoms with E-state index in [1.807, 2.05) is 0 Å². The minimum atomic E-state index is -0.254. The molecule has 1 heterocycles. The Morgan fingerprint density at radius 3 is 2.50 bits per heavy atom. The van der Waals surface area contributed by atoms with Gasteiger partial charge in [-0.3, -0.25) is 0 Å². The lowest BCUT2D eigenvalue weighted by molar-refractivity contribution is 0.452. The fraction of sp³-hybridized carbons (Fsp3) is 0.562. The largest absolute Gasteiger partial charge is 0.326 e. The predicted octanol–water partition coefficient (Wildman–Crippen LogP) is 3.88. The Hall–Kier alpha value is -1.42. The molecule has 0 radical (unpaired) electrons. The Balaban J connectivity index is 2.50. The average molecular weight is 277 g/mol. The molecule has 0 saturated carbocycles. The molecule has 0 bridgehead atoms. The van der Waals surface area contributed by atoms with E-state index in [0.717, 1.165) is 24.3 Å². The lowest BCUT2D eigenvalue weighted by atomic mass is 10.0. The molecule has 0 saturated heterocycles. The molecule has 1 atom stereocenters. The minimum absolute atomic E-state index is 0.107. The number of hydrogen-bond donors (Lipinski definition) is 1. The van der Waals surface area contributed by atoms with Gasteiger partial charge >= 0.3 is 0 Å². The summed E-state index contributed by atoms with van der Waals surface area (Å²) in [5.41, 5.74) is 7.96. The van der Waals surface area contributed by atoms with Crippen molar-refractivity contribution in [2.75, 3.05) is 0 Å². The second-order valence-corrected chi connectivity index (χ2v) is 6.34. The zero-order valence-corrected chi connectivity index (χ0v) is 12.7. The third kappa shape index (κ3) is 3.18. The van der Waals surface area contributed by atoms with Gasteiger partial charge in [0.15, 0.2) is 0 Å². The summed E-state index contributed by atoms with van der Waals surface area (Å²) in [7, 11) is 0. The molecule has 2 N–H and O–H groups in total. The standard InChI is InChI=1S/C16H24FN3/c1-10(2)7-13(18)16-19-14-8-12(17)5-6-15(14)20(16)9-11(3)4/h5-6,8,10-11,13H,7,9,18H2,1-4H3. The number of halogens is 1. The van der Waals surface area contributed by atoms with Crippen molar-refractivity contribution in [1.82, 2.24) is 9.55 Å². The van der Waals surface area contributed by atoms with Crippen LogP contribution in [0.15, 0.2) is 18.2 Å². The topological polar surface area (TPSA) is 43.8 Å². The highest BCUT2D eigenvalue weighted by atomic mass is 19.1. The first-order valence-electron chi connectivity index (χ1n) is 7.29. The quantitative estimate of drug-likeness (QED) is 0.901. The molecule has 20 heavy (non-hydrogen) atoms. The first kappa shape index (κ1) is 15.0. The number of nitrogens with zero attached hydrogens (tertiary/aromatic N) is 2. The number of benzene rings is 1.